The molecule has 2 heterocycles. The van der Waals surface area contributed by atoms with Gasteiger partial charge in [-0.05, 0) is 0 Å². The van der Waals surface area contributed by atoms with Crippen LogP contribution in [0.2, 0.25) is 0 Å². The van der Waals surface area contributed by atoms with Gasteiger partial charge in [-0.25, -0.2) is 4.98 Å². The molecule has 0 saturated carbocycles. The number of rotatable bonds is 8. The van der Waals surface area contributed by atoms with Crippen molar-refractivity contribution in [3.8, 4) is 0 Å². The predicted octanol–water partition coefficient (Wildman–Crippen LogP) is 0.433. The molecule has 100 valence electrons. The molecule has 0 radical (unpaired) electrons. The van der Waals surface area contributed by atoms with E-state index in [4.69, 9.17) is 15.3 Å². The standard InChI is InChI=1S/C11H18N4O2S/c1-16-3-4-17-8-10(14-12)6-9-7-15-2-5-18-11(15)13-9/h2,5,7,10,14H,3-4,6,8,12H2,1H3. The smallest absolute Gasteiger partial charge is 0.193 e. The van der Waals surface area contributed by atoms with E-state index in [0.29, 0.717) is 19.8 Å². The minimum atomic E-state index is 0.0615. The molecular weight excluding hydrogens is 252 g/mol. The Morgan fingerprint density at radius 2 is 2.44 bits per heavy atom. The average molecular weight is 270 g/mol. The van der Waals surface area contributed by atoms with Crippen molar-refractivity contribution in [1.82, 2.24) is 14.8 Å². The summed E-state index contributed by atoms with van der Waals surface area (Å²) in [5.41, 5.74) is 3.77. The van der Waals surface area contributed by atoms with Crippen molar-refractivity contribution in [2.24, 2.45) is 5.84 Å². The third-order valence-corrected chi connectivity index (χ3v) is 3.36. The first-order chi connectivity index (χ1) is 8.83. The van der Waals surface area contributed by atoms with Crippen molar-refractivity contribution >= 4 is 16.3 Å². The summed E-state index contributed by atoms with van der Waals surface area (Å²) in [5.74, 6) is 5.51. The number of aromatic nitrogens is 2. The van der Waals surface area contributed by atoms with Gasteiger partial charge in [0.15, 0.2) is 4.96 Å². The van der Waals surface area contributed by atoms with Crippen molar-refractivity contribution in [2.45, 2.75) is 12.5 Å². The van der Waals surface area contributed by atoms with Crippen molar-refractivity contribution in [1.29, 1.82) is 0 Å². The summed E-state index contributed by atoms with van der Waals surface area (Å²) in [6, 6.07) is 0.0615. The van der Waals surface area contributed by atoms with Gasteiger partial charge in [-0.3, -0.25) is 15.7 Å². The maximum absolute atomic E-state index is 5.51. The highest BCUT2D eigenvalue weighted by Crippen LogP contribution is 2.12. The fourth-order valence-electron chi connectivity index (χ4n) is 1.66. The van der Waals surface area contributed by atoms with E-state index in [2.05, 4.69) is 10.4 Å². The number of ether oxygens (including phenoxy) is 2. The van der Waals surface area contributed by atoms with Gasteiger partial charge in [-0.15, -0.1) is 11.3 Å². The minimum Gasteiger partial charge on any atom is -0.382 e. The van der Waals surface area contributed by atoms with Crippen LogP contribution in [0, 0.1) is 0 Å². The number of nitrogens with one attached hydrogen (secondary N) is 1. The SMILES string of the molecule is COCCOCC(Cc1cn2ccsc2n1)NN. The number of hydrogen-bond acceptors (Lipinski definition) is 6. The van der Waals surface area contributed by atoms with Crippen molar-refractivity contribution in [3.05, 3.63) is 23.5 Å². The van der Waals surface area contributed by atoms with Gasteiger partial charge in [-0.2, -0.15) is 0 Å². The highest BCUT2D eigenvalue weighted by atomic mass is 32.1. The Balaban J connectivity index is 1.83. The zero-order valence-corrected chi connectivity index (χ0v) is 11.2. The van der Waals surface area contributed by atoms with E-state index < -0.39 is 0 Å². The molecule has 0 spiro atoms. The molecule has 2 aromatic rings. The van der Waals surface area contributed by atoms with Crippen LogP contribution < -0.4 is 11.3 Å². The molecule has 6 nitrogen and oxygen atoms in total. The second-order valence-corrected chi connectivity index (χ2v) is 4.83. The Morgan fingerprint density at radius 1 is 1.56 bits per heavy atom. The fourth-order valence-corrected chi connectivity index (χ4v) is 2.38. The Bertz CT molecular complexity index is 442. The predicted molar refractivity (Wildman–Crippen MR) is 70.6 cm³/mol. The lowest BCUT2D eigenvalue weighted by Gasteiger charge is -2.14. The lowest BCUT2D eigenvalue weighted by molar-refractivity contribution is 0.0586. The molecule has 0 aliphatic rings. The van der Waals surface area contributed by atoms with E-state index in [0.717, 1.165) is 17.1 Å². The molecule has 18 heavy (non-hydrogen) atoms. The van der Waals surface area contributed by atoms with E-state index in [9.17, 15) is 0 Å². The molecule has 1 unspecified atom stereocenters. The number of nitrogens with zero attached hydrogens (tertiary/aromatic N) is 2. The van der Waals surface area contributed by atoms with E-state index >= 15 is 0 Å². The van der Waals surface area contributed by atoms with Crippen LogP contribution in [0.15, 0.2) is 17.8 Å². The summed E-state index contributed by atoms with van der Waals surface area (Å²) in [4.78, 5) is 5.51. The highest BCUT2D eigenvalue weighted by molar-refractivity contribution is 7.15. The average Bonchev–Trinajstić information content (AvgIpc) is 2.93. The summed E-state index contributed by atoms with van der Waals surface area (Å²) in [6.45, 7) is 1.72. The van der Waals surface area contributed by atoms with Gasteiger partial charge in [0.05, 0.1) is 31.6 Å². The lowest BCUT2D eigenvalue weighted by Crippen LogP contribution is -2.40. The zero-order chi connectivity index (χ0) is 12.8. The van der Waals surface area contributed by atoms with E-state index in [-0.39, 0.29) is 6.04 Å². The van der Waals surface area contributed by atoms with Crippen LogP contribution >= 0.6 is 11.3 Å². The fraction of sp³-hybridized carbons (Fsp3) is 0.545. The van der Waals surface area contributed by atoms with Crippen molar-refractivity contribution in [3.63, 3.8) is 0 Å². The number of hydrazine groups is 1. The normalized spacial score (nSPS) is 13.2. The molecule has 0 fully saturated rings. The summed E-state index contributed by atoms with van der Waals surface area (Å²) >= 11 is 1.62. The molecular formula is C11H18N4O2S. The Labute approximate surface area is 110 Å². The summed E-state index contributed by atoms with van der Waals surface area (Å²) in [7, 11) is 1.65. The second-order valence-electron chi connectivity index (χ2n) is 3.96. The van der Waals surface area contributed by atoms with Gasteiger partial charge in [-0.1, -0.05) is 0 Å². The van der Waals surface area contributed by atoms with Gasteiger partial charge in [0.25, 0.3) is 0 Å². The molecule has 0 amide bonds. The summed E-state index contributed by atoms with van der Waals surface area (Å²) in [5, 5.41) is 2.01. The van der Waals surface area contributed by atoms with Gasteiger partial charge < -0.3 is 9.47 Å². The first-order valence-corrected chi connectivity index (χ1v) is 6.65. The van der Waals surface area contributed by atoms with E-state index in [1.54, 1.807) is 18.4 Å². The largest absolute Gasteiger partial charge is 0.382 e. The molecule has 1 atom stereocenters. The van der Waals surface area contributed by atoms with Crippen LogP contribution in [-0.4, -0.2) is 42.4 Å². The molecule has 0 aromatic carbocycles. The molecule has 0 saturated heterocycles. The number of methoxy groups -OCH3 is 1. The highest BCUT2D eigenvalue weighted by Gasteiger charge is 2.11. The first kappa shape index (κ1) is 13.4. The Hall–Kier alpha value is -0.990. The quantitative estimate of drug-likeness (QED) is 0.413. The Morgan fingerprint density at radius 3 is 3.17 bits per heavy atom. The van der Waals surface area contributed by atoms with Crippen LogP contribution in [0.1, 0.15) is 5.69 Å². The minimum absolute atomic E-state index is 0.0615. The third kappa shape index (κ3) is 3.50. The van der Waals surface area contributed by atoms with Crippen LogP contribution in [-0.2, 0) is 15.9 Å². The number of hydrogen-bond donors (Lipinski definition) is 2. The molecule has 0 aliphatic heterocycles. The number of nitrogens with two attached hydrogens (primary N) is 1. The maximum atomic E-state index is 5.51. The third-order valence-electron chi connectivity index (χ3n) is 2.59. The number of fused-ring (bicyclic) bond motifs is 1. The Kier molecular flexibility index (Phi) is 5.09. The lowest BCUT2D eigenvalue weighted by atomic mass is 10.2. The molecule has 0 aliphatic carbocycles. The zero-order valence-electron chi connectivity index (χ0n) is 10.3. The number of imidazole rings is 1. The molecule has 2 aromatic heterocycles. The maximum Gasteiger partial charge on any atom is 0.193 e. The van der Waals surface area contributed by atoms with Crippen molar-refractivity contribution < 1.29 is 9.47 Å². The first-order valence-electron chi connectivity index (χ1n) is 5.77. The van der Waals surface area contributed by atoms with E-state index in [1.165, 1.54) is 0 Å². The van der Waals surface area contributed by atoms with Gasteiger partial charge in [0.1, 0.15) is 0 Å². The van der Waals surface area contributed by atoms with Crippen molar-refractivity contribution in [2.75, 3.05) is 26.9 Å². The summed E-state index contributed by atoms with van der Waals surface area (Å²) in [6.07, 6.45) is 4.76. The van der Waals surface area contributed by atoms with Gasteiger partial charge in [0, 0.05) is 31.3 Å². The van der Waals surface area contributed by atoms with Gasteiger partial charge in [0.2, 0.25) is 0 Å². The van der Waals surface area contributed by atoms with Gasteiger partial charge >= 0.3 is 0 Å². The molecule has 3 N–H and O–H groups in total. The van der Waals surface area contributed by atoms with Crippen LogP contribution in [0.4, 0.5) is 0 Å². The monoisotopic (exact) mass is 270 g/mol. The second kappa shape index (κ2) is 6.81. The van der Waals surface area contributed by atoms with Crippen LogP contribution in [0.25, 0.3) is 4.96 Å². The molecule has 0 bridgehead atoms. The molecule has 2 rings (SSSR count). The van der Waals surface area contributed by atoms with E-state index in [1.807, 2.05) is 22.2 Å². The van der Waals surface area contributed by atoms with Crippen LogP contribution in [0.5, 0.6) is 0 Å². The van der Waals surface area contributed by atoms with Crippen LogP contribution in [0.3, 0.4) is 0 Å². The topological polar surface area (TPSA) is 73.8 Å². The summed E-state index contributed by atoms with van der Waals surface area (Å²) < 4.78 is 12.4. The number of thiazole rings is 1. The molecule has 7 heteroatoms.